The number of anilines is 1. The van der Waals surface area contributed by atoms with Crippen molar-refractivity contribution in [1.82, 2.24) is 10.2 Å². The molecule has 10 heteroatoms. The van der Waals surface area contributed by atoms with Crippen molar-refractivity contribution in [3.05, 3.63) is 83.9 Å². The SMILES string of the molecule is CCCCNC(=O)[C@@H](C)N(Cc1ccccc1)C(=O)CN(c1cc(OC)ccc1OC)S(=O)(=O)c1ccc(C)cc1. The molecule has 0 unspecified atom stereocenters. The van der Waals surface area contributed by atoms with E-state index in [1.54, 1.807) is 31.2 Å². The number of hydrogen-bond acceptors (Lipinski definition) is 6. The van der Waals surface area contributed by atoms with Gasteiger partial charge in [0, 0.05) is 19.2 Å². The number of carbonyl (C=O) groups excluding carboxylic acids is 2. The summed E-state index contributed by atoms with van der Waals surface area (Å²) in [6.45, 7) is 5.57. The van der Waals surface area contributed by atoms with Gasteiger partial charge < -0.3 is 19.7 Å². The van der Waals surface area contributed by atoms with Crippen molar-refractivity contribution >= 4 is 27.5 Å². The molecule has 0 radical (unpaired) electrons. The fourth-order valence-electron chi connectivity index (χ4n) is 4.24. The van der Waals surface area contributed by atoms with Crippen molar-refractivity contribution in [3.63, 3.8) is 0 Å². The summed E-state index contributed by atoms with van der Waals surface area (Å²) in [5, 5.41) is 2.88. The van der Waals surface area contributed by atoms with Crippen LogP contribution in [-0.4, -0.2) is 58.5 Å². The van der Waals surface area contributed by atoms with E-state index in [9.17, 15) is 18.0 Å². The largest absolute Gasteiger partial charge is 0.497 e. The molecule has 0 bridgehead atoms. The highest BCUT2D eigenvalue weighted by molar-refractivity contribution is 7.92. The Balaban J connectivity index is 2.08. The van der Waals surface area contributed by atoms with Crippen LogP contribution in [0.5, 0.6) is 11.5 Å². The molecule has 1 N–H and O–H groups in total. The molecule has 0 aliphatic heterocycles. The Bertz CT molecular complexity index is 1410. The van der Waals surface area contributed by atoms with Gasteiger partial charge in [-0.3, -0.25) is 13.9 Å². The van der Waals surface area contributed by atoms with E-state index in [2.05, 4.69) is 5.32 Å². The van der Waals surface area contributed by atoms with Gasteiger partial charge in [-0.25, -0.2) is 8.42 Å². The minimum Gasteiger partial charge on any atom is -0.497 e. The monoisotopic (exact) mass is 581 g/mol. The van der Waals surface area contributed by atoms with Crippen molar-refractivity contribution in [2.45, 2.75) is 51.1 Å². The minimum absolute atomic E-state index is 0.0146. The van der Waals surface area contributed by atoms with Gasteiger partial charge in [-0.1, -0.05) is 61.4 Å². The van der Waals surface area contributed by atoms with Gasteiger partial charge in [0.15, 0.2) is 0 Å². The van der Waals surface area contributed by atoms with Crippen LogP contribution in [0.25, 0.3) is 0 Å². The minimum atomic E-state index is -4.24. The first-order chi connectivity index (χ1) is 19.6. The number of sulfonamides is 1. The molecule has 0 fully saturated rings. The van der Waals surface area contributed by atoms with E-state index in [4.69, 9.17) is 9.47 Å². The van der Waals surface area contributed by atoms with E-state index in [-0.39, 0.29) is 28.8 Å². The average molecular weight is 582 g/mol. The van der Waals surface area contributed by atoms with Crippen LogP contribution in [-0.2, 0) is 26.2 Å². The van der Waals surface area contributed by atoms with Gasteiger partial charge >= 0.3 is 0 Å². The molecule has 0 spiro atoms. The molecule has 3 rings (SSSR count). The van der Waals surface area contributed by atoms with Crippen LogP contribution >= 0.6 is 0 Å². The maximum Gasteiger partial charge on any atom is 0.264 e. The highest BCUT2D eigenvalue weighted by Gasteiger charge is 2.34. The van der Waals surface area contributed by atoms with Gasteiger partial charge in [0.05, 0.1) is 24.8 Å². The topological polar surface area (TPSA) is 105 Å². The zero-order valence-corrected chi connectivity index (χ0v) is 25.1. The van der Waals surface area contributed by atoms with E-state index in [0.717, 1.165) is 28.3 Å². The molecule has 3 aromatic rings. The quantitative estimate of drug-likeness (QED) is 0.280. The Morgan fingerprint density at radius 1 is 0.951 bits per heavy atom. The molecule has 1 atom stereocenters. The maximum absolute atomic E-state index is 14.1. The Morgan fingerprint density at radius 3 is 2.24 bits per heavy atom. The van der Waals surface area contributed by atoms with E-state index < -0.39 is 28.5 Å². The van der Waals surface area contributed by atoms with Crippen LogP contribution in [0.1, 0.15) is 37.8 Å². The zero-order chi connectivity index (χ0) is 30.0. The molecule has 41 heavy (non-hydrogen) atoms. The van der Waals surface area contributed by atoms with Gasteiger partial charge in [-0.05, 0) is 50.1 Å². The molecule has 3 aromatic carbocycles. The Morgan fingerprint density at radius 2 is 1.63 bits per heavy atom. The lowest BCUT2D eigenvalue weighted by Crippen LogP contribution is -2.51. The normalized spacial score (nSPS) is 11.8. The van der Waals surface area contributed by atoms with Crippen LogP contribution in [0.3, 0.4) is 0 Å². The number of unbranched alkanes of at least 4 members (excludes halogenated alkanes) is 1. The van der Waals surface area contributed by atoms with Crippen LogP contribution < -0.4 is 19.1 Å². The maximum atomic E-state index is 14.1. The van der Waals surface area contributed by atoms with Crippen molar-refractivity contribution < 1.29 is 27.5 Å². The van der Waals surface area contributed by atoms with E-state index >= 15 is 0 Å². The number of methoxy groups -OCH3 is 2. The summed E-state index contributed by atoms with van der Waals surface area (Å²) in [6.07, 6.45) is 1.72. The molecule has 2 amide bonds. The van der Waals surface area contributed by atoms with Gasteiger partial charge in [-0.15, -0.1) is 0 Å². The summed E-state index contributed by atoms with van der Waals surface area (Å²) >= 11 is 0. The molecule has 0 aromatic heterocycles. The Kier molecular flexibility index (Phi) is 11.2. The molecule has 0 aliphatic rings. The van der Waals surface area contributed by atoms with Crippen LogP contribution in [0, 0.1) is 6.92 Å². The summed E-state index contributed by atoms with van der Waals surface area (Å²) in [7, 11) is -1.35. The van der Waals surface area contributed by atoms with Crippen molar-refractivity contribution in [2.24, 2.45) is 0 Å². The fourth-order valence-corrected chi connectivity index (χ4v) is 5.66. The first-order valence-corrected chi connectivity index (χ1v) is 15.0. The number of aryl methyl sites for hydroxylation is 1. The number of rotatable bonds is 14. The Labute approximate surface area is 243 Å². The predicted molar refractivity (Wildman–Crippen MR) is 160 cm³/mol. The second-order valence-electron chi connectivity index (χ2n) is 9.69. The third-order valence-corrected chi connectivity index (χ3v) is 8.51. The summed E-state index contributed by atoms with van der Waals surface area (Å²) in [5.74, 6) is -0.224. The standard InChI is InChI=1S/C31H39N3O6S/c1-6-7-19-32-31(36)24(3)33(21-25-11-9-8-10-12-25)30(35)22-34(28-20-26(39-4)15-18-29(28)40-5)41(37,38)27-16-13-23(2)14-17-27/h8-18,20,24H,6-7,19,21-22H2,1-5H3,(H,32,36)/t24-/m1/s1. The third kappa shape index (κ3) is 8.00. The summed E-state index contributed by atoms with van der Waals surface area (Å²) in [6, 6.07) is 19.5. The third-order valence-electron chi connectivity index (χ3n) is 6.74. The second-order valence-corrected chi connectivity index (χ2v) is 11.6. The predicted octanol–water partition coefficient (Wildman–Crippen LogP) is 4.54. The average Bonchev–Trinajstić information content (AvgIpc) is 2.98. The number of hydrogen-bond donors (Lipinski definition) is 1. The lowest BCUT2D eigenvalue weighted by atomic mass is 10.1. The summed E-state index contributed by atoms with van der Waals surface area (Å²) in [4.78, 5) is 28.6. The number of nitrogens with one attached hydrogen (secondary N) is 1. The molecular formula is C31H39N3O6S. The van der Waals surface area contributed by atoms with Gasteiger partial charge in [0.1, 0.15) is 24.1 Å². The molecule has 220 valence electrons. The molecule has 0 heterocycles. The van der Waals surface area contributed by atoms with Crippen LogP contribution in [0.2, 0.25) is 0 Å². The highest BCUT2D eigenvalue weighted by atomic mass is 32.2. The van der Waals surface area contributed by atoms with Crippen LogP contribution in [0.15, 0.2) is 77.7 Å². The number of benzene rings is 3. The number of ether oxygens (including phenoxy) is 2. The Hall–Kier alpha value is -4.05. The summed E-state index contributed by atoms with van der Waals surface area (Å²) in [5.41, 5.74) is 1.84. The first-order valence-electron chi connectivity index (χ1n) is 13.5. The van der Waals surface area contributed by atoms with E-state index in [1.807, 2.05) is 44.2 Å². The van der Waals surface area contributed by atoms with Crippen molar-refractivity contribution in [1.29, 1.82) is 0 Å². The van der Waals surface area contributed by atoms with Gasteiger partial charge in [0.25, 0.3) is 10.0 Å². The fraction of sp³-hybridized carbons (Fsp3) is 0.355. The second kappa shape index (κ2) is 14.5. The number of amides is 2. The lowest BCUT2D eigenvalue weighted by molar-refractivity contribution is -0.139. The first kappa shape index (κ1) is 31.5. The molecular weight excluding hydrogens is 542 g/mol. The van der Waals surface area contributed by atoms with E-state index in [0.29, 0.717) is 12.3 Å². The molecule has 0 aliphatic carbocycles. The van der Waals surface area contributed by atoms with Gasteiger partial charge in [0.2, 0.25) is 11.8 Å². The lowest BCUT2D eigenvalue weighted by Gasteiger charge is -2.32. The van der Waals surface area contributed by atoms with E-state index in [1.165, 1.54) is 37.3 Å². The smallest absolute Gasteiger partial charge is 0.264 e. The molecule has 0 saturated carbocycles. The summed E-state index contributed by atoms with van der Waals surface area (Å²) < 4.78 is 40.1. The highest BCUT2D eigenvalue weighted by Crippen LogP contribution is 2.36. The van der Waals surface area contributed by atoms with Crippen molar-refractivity contribution in [2.75, 3.05) is 31.6 Å². The number of carbonyl (C=O) groups is 2. The zero-order valence-electron chi connectivity index (χ0n) is 24.3. The van der Waals surface area contributed by atoms with Gasteiger partial charge in [-0.2, -0.15) is 0 Å². The molecule has 0 saturated heterocycles. The number of nitrogens with zero attached hydrogens (tertiary/aromatic N) is 2. The van der Waals surface area contributed by atoms with Crippen LogP contribution in [0.4, 0.5) is 5.69 Å². The molecule has 9 nitrogen and oxygen atoms in total. The van der Waals surface area contributed by atoms with Crippen molar-refractivity contribution in [3.8, 4) is 11.5 Å².